The minimum Gasteiger partial charge on any atom is -0.409 e. The van der Waals surface area contributed by atoms with Crippen molar-refractivity contribution in [1.29, 1.82) is 0 Å². The number of benzene rings is 3. The van der Waals surface area contributed by atoms with Crippen LogP contribution in [-0.2, 0) is 54.6 Å². The molecule has 0 saturated heterocycles. The number of amides is 1. The summed E-state index contributed by atoms with van der Waals surface area (Å²) in [6.45, 7) is 1.10. The molecule has 0 spiro atoms. The zero-order chi connectivity index (χ0) is 35.9. The van der Waals surface area contributed by atoms with E-state index in [-0.39, 0.29) is 17.8 Å². The molecule has 0 saturated carbocycles. The highest BCUT2D eigenvalue weighted by Gasteiger charge is 2.39. The maximum atomic E-state index is 14.6. The monoisotopic (exact) mass is 759 g/mol. The van der Waals surface area contributed by atoms with E-state index in [1.54, 1.807) is 0 Å². The van der Waals surface area contributed by atoms with Crippen molar-refractivity contribution in [2.75, 3.05) is 16.8 Å². The number of nitrogens with one attached hydrogen (secondary N) is 1. The molecule has 0 unspecified atom stereocenters. The van der Waals surface area contributed by atoms with Crippen molar-refractivity contribution in [3.8, 4) is 11.5 Å². The lowest BCUT2D eigenvalue weighted by atomic mass is 10.2. The van der Waals surface area contributed by atoms with Gasteiger partial charge in [0.2, 0.25) is 5.91 Å². The van der Waals surface area contributed by atoms with Crippen molar-refractivity contribution >= 4 is 82.1 Å². The molecule has 3 aromatic rings. The fraction of sp³-hybridized carbons (Fsp3) is 0.0909. The van der Waals surface area contributed by atoms with Crippen molar-refractivity contribution in [3.05, 3.63) is 48.5 Å². The van der Waals surface area contributed by atoms with E-state index in [1.165, 1.54) is 6.07 Å². The molecule has 1 amide bonds. The molecule has 0 aliphatic rings. The second-order valence-corrected chi connectivity index (χ2v) is 16.7. The van der Waals surface area contributed by atoms with Gasteiger partial charge in [-0.25, -0.2) is 4.57 Å². The lowest BCUT2D eigenvalue weighted by Crippen LogP contribution is -2.20. The standard InChI is InChI=1S/C22H22N3O17PS4/c1-11(26)5-20(27)25-12-3-2-4-13(6-12)43(28,41-21-16(23)7-14(44(29,30)31)9-18(21)46(35,36)37)42-22-17(24)8-15(45(32,33)34)10-19(22)47(38,39)40/h2-4,6-10H,5,23-24H2,1H3,(H,25,27)(H,29,30,31)(H,32,33,34)(H,35,36,37)(H,38,39,40). The predicted octanol–water partition coefficient (Wildman–Crippen LogP) is 0.732. The topological polar surface area (TPSA) is 351 Å². The van der Waals surface area contributed by atoms with Gasteiger partial charge in [0.25, 0.3) is 40.5 Å². The molecular formula is C22H22N3O17PS4. The van der Waals surface area contributed by atoms with Crippen LogP contribution < -0.4 is 31.1 Å². The molecule has 0 radical (unpaired) electrons. The highest BCUT2D eigenvalue weighted by Crippen LogP contribution is 2.53. The zero-order valence-electron chi connectivity index (χ0n) is 23.2. The van der Waals surface area contributed by atoms with Gasteiger partial charge in [-0.3, -0.25) is 27.8 Å². The fourth-order valence-corrected chi connectivity index (χ4v) is 8.02. The first kappa shape index (κ1) is 37.3. The lowest BCUT2D eigenvalue weighted by molar-refractivity contribution is -0.124. The molecule has 25 heteroatoms. The Balaban J connectivity index is 2.40. The first-order valence-corrected chi connectivity index (χ1v) is 19.2. The summed E-state index contributed by atoms with van der Waals surface area (Å²) < 4.78 is 159. The summed E-state index contributed by atoms with van der Waals surface area (Å²) in [5.41, 5.74) is 9.18. The number of rotatable bonds is 12. The van der Waals surface area contributed by atoms with Gasteiger partial charge in [0.05, 0.1) is 32.9 Å². The largest absolute Gasteiger partial charge is 0.463 e. The summed E-state index contributed by atoms with van der Waals surface area (Å²) >= 11 is 0. The molecule has 0 heterocycles. The quantitative estimate of drug-likeness (QED) is 0.0579. The van der Waals surface area contributed by atoms with Gasteiger partial charge >= 0.3 is 7.60 Å². The predicted molar refractivity (Wildman–Crippen MR) is 160 cm³/mol. The van der Waals surface area contributed by atoms with Crippen LogP contribution in [-0.4, -0.2) is 63.6 Å². The zero-order valence-corrected chi connectivity index (χ0v) is 27.3. The van der Waals surface area contributed by atoms with Crippen LogP contribution in [0.2, 0.25) is 0 Å². The van der Waals surface area contributed by atoms with E-state index >= 15 is 0 Å². The van der Waals surface area contributed by atoms with Crippen LogP contribution in [0.25, 0.3) is 0 Å². The lowest BCUT2D eigenvalue weighted by Gasteiger charge is -2.24. The van der Waals surface area contributed by atoms with Crippen LogP contribution >= 0.6 is 7.60 Å². The van der Waals surface area contributed by atoms with E-state index in [1.807, 2.05) is 0 Å². The van der Waals surface area contributed by atoms with E-state index in [0.717, 1.165) is 25.1 Å². The number of Topliss-reactive ketones (excluding diaryl/α,β-unsaturated/α-hetero) is 1. The highest BCUT2D eigenvalue weighted by molar-refractivity contribution is 7.87. The number of nitrogens with two attached hydrogens (primary N) is 2. The highest BCUT2D eigenvalue weighted by atomic mass is 32.2. The van der Waals surface area contributed by atoms with Crippen LogP contribution in [0.3, 0.4) is 0 Å². The van der Waals surface area contributed by atoms with E-state index in [4.69, 9.17) is 20.5 Å². The van der Waals surface area contributed by atoms with Crippen molar-refractivity contribution in [1.82, 2.24) is 0 Å². The Morgan fingerprint density at radius 3 is 1.51 bits per heavy atom. The molecule has 0 aromatic heterocycles. The normalized spacial score (nSPS) is 12.7. The van der Waals surface area contributed by atoms with Gasteiger partial charge in [-0.05, 0) is 49.4 Å². The molecule has 0 bridgehead atoms. The molecule has 0 fully saturated rings. The number of hydrogen-bond acceptors (Lipinski definition) is 15. The van der Waals surface area contributed by atoms with Crippen LogP contribution in [0.1, 0.15) is 13.3 Å². The summed E-state index contributed by atoms with van der Waals surface area (Å²) in [5.74, 6) is -4.05. The molecule has 3 rings (SSSR count). The Morgan fingerprint density at radius 2 is 1.15 bits per heavy atom. The second kappa shape index (κ2) is 12.8. The third kappa shape index (κ3) is 9.03. The average molecular weight is 760 g/mol. The van der Waals surface area contributed by atoms with Crippen LogP contribution in [0.15, 0.2) is 68.1 Å². The van der Waals surface area contributed by atoms with Crippen LogP contribution in [0.5, 0.6) is 11.5 Å². The Labute approximate surface area is 266 Å². The van der Waals surface area contributed by atoms with Crippen molar-refractivity contribution in [2.24, 2.45) is 0 Å². The number of carbonyl (C=O) groups excluding carboxylic acids is 2. The van der Waals surface area contributed by atoms with Gasteiger partial charge in [0.15, 0.2) is 11.5 Å². The summed E-state index contributed by atoms with van der Waals surface area (Å²) in [7, 11) is -27.0. The van der Waals surface area contributed by atoms with Crippen LogP contribution in [0.4, 0.5) is 17.1 Å². The average Bonchev–Trinajstić information content (AvgIpc) is 2.87. The molecule has 20 nitrogen and oxygen atoms in total. The van der Waals surface area contributed by atoms with Gasteiger partial charge < -0.3 is 25.8 Å². The number of anilines is 3. The fourth-order valence-electron chi connectivity index (χ4n) is 3.62. The summed E-state index contributed by atoms with van der Waals surface area (Å²) in [4.78, 5) is 18.1. The van der Waals surface area contributed by atoms with Crippen molar-refractivity contribution < 1.29 is 75.1 Å². The third-order valence-corrected chi connectivity index (χ3v) is 10.7. The van der Waals surface area contributed by atoms with Crippen LogP contribution in [0, 0.1) is 0 Å². The Morgan fingerprint density at radius 1 is 0.723 bits per heavy atom. The number of ketones is 1. The van der Waals surface area contributed by atoms with E-state index in [2.05, 4.69) is 5.32 Å². The maximum absolute atomic E-state index is 14.6. The minimum absolute atomic E-state index is 0.137. The van der Waals surface area contributed by atoms with Gasteiger partial charge in [0.1, 0.15) is 15.6 Å². The van der Waals surface area contributed by atoms with Gasteiger partial charge in [-0.15, -0.1) is 0 Å². The van der Waals surface area contributed by atoms with Gasteiger partial charge in [0, 0.05) is 5.69 Å². The first-order chi connectivity index (χ1) is 21.2. The van der Waals surface area contributed by atoms with Gasteiger partial charge in [-0.1, -0.05) is 6.07 Å². The molecule has 0 aliphatic carbocycles. The third-order valence-electron chi connectivity index (χ3n) is 5.54. The Bertz CT molecular complexity index is 2180. The molecule has 0 atom stereocenters. The molecule has 256 valence electrons. The Hall–Kier alpha value is -4.13. The summed E-state index contributed by atoms with van der Waals surface area (Å²) in [6, 6.07) is 5.11. The van der Waals surface area contributed by atoms with Gasteiger partial charge in [-0.2, -0.15) is 33.7 Å². The summed E-state index contributed by atoms with van der Waals surface area (Å²) in [5, 5.41) is 1.54. The number of carbonyl (C=O) groups is 2. The maximum Gasteiger partial charge on any atom is 0.463 e. The molecule has 47 heavy (non-hydrogen) atoms. The summed E-state index contributed by atoms with van der Waals surface area (Å²) in [6.07, 6.45) is -0.613. The minimum atomic E-state index is -5.56. The number of hydrogen-bond donors (Lipinski definition) is 7. The van der Waals surface area contributed by atoms with E-state index in [0.29, 0.717) is 12.1 Å². The molecule has 3 aromatic carbocycles. The SMILES string of the molecule is CC(=O)CC(=O)Nc1cccc(P(=O)(Oc2c(N)cc(S(=O)(=O)O)cc2S(=O)(=O)O)Oc2c(N)cc(S(=O)(=O)O)cc2S(=O)(=O)O)c1. The Kier molecular flexibility index (Phi) is 10.2. The van der Waals surface area contributed by atoms with Crippen molar-refractivity contribution in [2.45, 2.75) is 32.9 Å². The molecule has 0 aliphatic heterocycles. The van der Waals surface area contributed by atoms with E-state index < -0.39 is 114 Å². The second-order valence-electron chi connectivity index (χ2n) is 9.24. The number of nitrogen functional groups attached to an aromatic ring is 2. The smallest absolute Gasteiger partial charge is 0.409 e. The van der Waals surface area contributed by atoms with E-state index in [9.17, 15) is 66.0 Å². The first-order valence-electron chi connectivity index (χ1n) is 11.9. The molecule has 9 N–H and O–H groups in total. The van der Waals surface area contributed by atoms with Crippen molar-refractivity contribution in [3.63, 3.8) is 0 Å². The molecular weight excluding hydrogens is 737 g/mol.